The summed E-state index contributed by atoms with van der Waals surface area (Å²) >= 11 is 0. The van der Waals surface area contributed by atoms with E-state index in [9.17, 15) is 22.0 Å². The molecule has 8 heteroatoms. The fourth-order valence-electron chi connectivity index (χ4n) is 4.58. The molecule has 1 aliphatic heterocycles. The summed E-state index contributed by atoms with van der Waals surface area (Å²) in [5.41, 5.74) is 2.14. The second kappa shape index (κ2) is 8.67. The quantitative estimate of drug-likeness (QED) is 0.759. The Morgan fingerprint density at radius 1 is 1.06 bits per heavy atom. The van der Waals surface area contributed by atoms with Crippen LogP contribution in [0.2, 0.25) is 0 Å². The smallest absolute Gasteiger partial charge is 0.226 e. The zero-order chi connectivity index (χ0) is 22.2. The van der Waals surface area contributed by atoms with Crippen molar-refractivity contribution >= 4 is 15.9 Å². The van der Waals surface area contributed by atoms with Crippen LogP contribution in [0, 0.1) is 17.6 Å². The number of amides is 1. The first-order valence-corrected chi connectivity index (χ1v) is 12.4. The van der Waals surface area contributed by atoms with E-state index in [1.165, 1.54) is 12.1 Å². The van der Waals surface area contributed by atoms with E-state index in [0.29, 0.717) is 37.9 Å². The first-order valence-electron chi connectivity index (χ1n) is 10.5. The number of hydrogen-bond donors (Lipinski definition) is 1. The molecule has 2 aromatic rings. The lowest BCUT2D eigenvalue weighted by Gasteiger charge is -2.21. The van der Waals surface area contributed by atoms with Gasteiger partial charge < -0.3 is 4.90 Å². The summed E-state index contributed by atoms with van der Waals surface area (Å²) in [5.74, 6) is -1.32. The van der Waals surface area contributed by atoms with Crippen LogP contribution in [0.3, 0.4) is 0 Å². The molecule has 0 bridgehead atoms. The van der Waals surface area contributed by atoms with Crippen molar-refractivity contribution in [1.82, 2.24) is 9.62 Å². The number of hydrogen-bond acceptors (Lipinski definition) is 3. The van der Waals surface area contributed by atoms with Crippen molar-refractivity contribution in [3.05, 3.63) is 59.7 Å². The van der Waals surface area contributed by atoms with Gasteiger partial charge in [0.25, 0.3) is 0 Å². The van der Waals surface area contributed by atoms with Crippen LogP contribution in [0.5, 0.6) is 0 Å². The molecule has 1 saturated heterocycles. The molecular weight excluding hydrogens is 422 g/mol. The number of nitrogens with one attached hydrogen (secondary N) is 1. The van der Waals surface area contributed by atoms with Gasteiger partial charge in [-0.3, -0.25) is 4.79 Å². The van der Waals surface area contributed by atoms with Crippen molar-refractivity contribution in [2.75, 3.05) is 19.3 Å². The van der Waals surface area contributed by atoms with Crippen LogP contribution in [0.25, 0.3) is 11.1 Å². The zero-order valence-electron chi connectivity index (χ0n) is 17.4. The van der Waals surface area contributed by atoms with Crippen LogP contribution in [0.1, 0.15) is 37.2 Å². The maximum absolute atomic E-state index is 13.7. The monoisotopic (exact) mass is 448 g/mol. The maximum Gasteiger partial charge on any atom is 0.226 e. The first-order chi connectivity index (χ1) is 14.7. The van der Waals surface area contributed by atoms with Gasteiger partial charge in [0.1, 0.15) is 11.6 Å². The van der Waals surface area contributed by atoms with Gasteiger partial charge >= 0.3 is 0 Å². The van der Waals surface area contributed by atoms with Gasteiger partial charge in [-0.15, -0.1) is 0 Å². The molecule has 2 aliphatic rings. The third-order valence-electron chi connectivity index (χ3n) is 6.06. The van der Waals surface area contributed by atoms with Gasteiger partial charge in [-0.2, -0.15) is 0 Å². The zero-order valence-corrected chi connectivity index (χ0v) is 18.2. The molecule has 1 aliphatic carbocycles. The molecule has 166 valence electrons. The molecule has 1 heterocycles. The van der Waals surface area contributed by atoms with Crippen molar-refractivity contribution < 1.29 is 22.0 Å². The molecule has 1 saturated carbocycles. The molecule has 4 rings (SSSR count). The highest BCUT2D eigenvalue weighted by Crippen LogP contribution is 2.51. The highest BCUT2D eigenvalue weighted by Gasteiger charge is 2.46. The summed E-state index contributed by atoms with van der Waals surface area (Å²) in [7, 11) is -3.27. The number of likely N-dealkylation sites (tertiary alicyclic amines) is 1. The molecule has 1 N–H and O–H groups in total. The SMILES string of the molecule is CS(=O)(=O)NC1CCCN(C(=O)C2CC2c2ccccc2-c2cc(F)cc(F)c2)CC1. The maximum atomic E-state index is 13.7. The number of sulfonamides is 1. The summed E-state index contributed by atoms with van der Waals surface area (Å²) < 4.78 is 53.1. The minimum atomic E-state index is -3.27. The Bertz CT molecular complexity index is 1070. The predicted octanol–water partition coefficient (Wildman–Crippen LogP) is 3.67. The van der Waals surface area contributed by atoms with Crippen molar-refractivity contribution in [2.45, 2.75) is 37.6 Å². The van der Waals surface area contributed by atoms with Crippen molar-refractivity contribution in [2.24, 2.45) is 5.92 Å². The highest BCUT2D eigenvalue weighted by atomic mass is 32.2. The van der Waals surface area contributed by atoms with Gasteiger partial charge in [0.05, 0.1) is 6.26 Å². The average molecular weight is 449 g/mol. The lowest BCUT2D eigenvalue weighted by atomic mass is 9.95. The normalized spacial score (nSPS) is 24.0. The Labute approximate surface area is 181 Å². The van der Waals surface area contributed by atoms with Crippen molar-refractivity contribution in [3.63, 3.8) is 0 Å². The number of carbonyl (C=O) groups excluding carboxylic acids is 1. The second-order valence-electron chi connectivity index (χ2n) is 8.54. The van der Waals surface area contributed by atoms with Gasteiger partial charge in [-0.1, -0.05) is 24.3 Å². The van der Waals surface area contributed by atoms with E-state index in [1.54, 1.807) is 0 Å². The number of benzene rings is 2. The Hall–Kier alpha value is -2.32. The number of carbonyl (C=O) groups is 1. The Morgan fingerprint density at radius 3 is 2.48 bits per heavy atom. The van der Waals surface area contributed by atoms with Gasteiger partial charge in [0.15, 0.2) is 0 Å². The molecule has 31 heavy (non-hydrogen) atoms. The summed E-state index contributed by atoms with van der Waals surface area (Å²) in [6, 6.07) is 10.8. The third kappa shape index (κ3) is 5.30. The van der Waals surface area contributed by atoms with Crippen LogP contribution in [-0.2, 0) is 14.8 Å². The van der Waals surface area contributed by atoms with Crippen LogP contribution < -0.4 is 4.72 Å². The largest absolute Gasteiger partial charge is 0.342 e. The Balaban J connectivity index is 1.46. The van der Waals surface area contributed by atoms with E-state index < -0.39 is 21.7 Å². The highest BCUT2D eigenvalue weighted by molar-refractivity contribution is 7.88. The van der Waals surface area contributed by atoms with Crippen LogP contribution in [0.4, 0.5) is 8.78 Å². The molecule has 2 aromatic carbocycles. The van der Waals surface area contributed by atoms with Gasteiger partial charge in [0, 0.05) is 31.1 Å². The number of rotatable bonds is 5. The van der Waals surface area contributed by atoms with Crippen molar-refractivity contribution in [1.29, 1.82) is 0 Å². The Morgan fingerprint density at radius 2 is 1.77 bits per heavy atom. The van der Waals surface area contributed by atoms with E-state index in [4.69, 9.17) is 0 Å². The minimum Gasteiger partial charge on any atom is -0.342 e. The molecule has 5 nitrogen and oxygen atoms in total. The summed E-state index contributed by atoms with van der Waals surface area (Å²) in [6.45, 7) is 1.13. The van der Waals surface area contributed by atoms with Gasteiger partial charge in [-0.05, 0) is 60.4 Å². The van der Waals surface area contributed by atoms with Crippen LogP contribution >= 0.6 is 0 Å². The standard InChI is InChI=1S/C23H26F2N2O3S/c1-31(29,30)26-18-5-4-9-27(10-8-18)23(28)22-14-21(22)20-7-3-2-6-19(20)15-11-16(24)13-17(25)12-15/h2-3,6-7,11-13,18,21-22,26H,4-5,8-10,14H2,1H3. The molecule has 2 fully saturated rings. The fourth-order valence-corrected chi connectivity index (χ4v) is 5.42. The van der Waals surface area contributed by atoms with E-state index in [0.717, 1.165) is 29.9 Å². The van der Waals surface area contributed by atoms with Crippen LogP contribution in [-0.4, -0.2) is 44.6 Å². The topological polar surface area (TPSA) is 66.5 Å². The predicted molar refractivity (Wildman–Crippen MR) is 115 cm³/mol. The van der Waals surface area contributed by atoms with E-state index in [-0.39, 0.29) is 23.8 Å². The number of nitrogens with zero attached hydrogens (tertiary/aromatic N) is 1. The molecule has 1 amide bonds. The Kier molecular flexibility index (Phi) is 6.12. The summed E-state index contributed by atoms with van der Waals surface area (Å²) in [5, 5.41) is 0. The first kappa shape index (κ1) is 21.9. The van der Waals surface area contributed by atoms with E-state index in [2.05, 4.69) is 4.72 Å². The lowest BCUT2D eigenvalue weighted by molar-refractivity contribution is -0.132. The molecular formula is C23H26F2N2O3S. The minimum absolute atomic E-state index is 0.0169. The van der Waals surface area contributed by atoms with E-state index in [1.807, 2.05) is 29.2 Å². The van der Waals surface area contributed by atoms with Crippen molar-refractivity contribution in [3.8, 4) is 11.1 Å². The number of halogens is 2. The second-order valence-corrected chi connectivity index (χ2v) is 10.3. The summed E-state index contributed by atoms with van der Waals surface area (Å²) in [6.07, 6.45) is 3.90. The third-order valence-corrected chi connectivity index (χ3v) is 6.82. The molecule has 3 unspecified atom stereocenters. The van der Waals surface area contributed by atoms with Gasteiger partial charge in [0.2, 0.25) is 15.9 Å². The molecule has 3 atom stereocenters. The fraction of sp³-hybridized carbons (Fsp3) is 0.435. The van der Waals surface area contributed by atoms with E-state index >= 15 is 0 Å². The van der Waals surface area contributed by atoms with Crippen LogP contribution in [0.15, 0.2) is 42.5 Å². The summed E-state index contributed by atoms with van der Waals surface area (Å²) in [4.78, 5) is 14.9. The van der Waals surface area contributed by atoms with Gasteiger partial charge in [-0.25, -0.2) is 21.9 Å². The molecule has 0 radical (unpaired) electrons. The lowest BCUT2D eigenvalue weighted by Crippen LogP contribution is -2.36. The molecule has 0 aromatic heterocycles. The average Bonchev–Trinajstić information content (AvgIpc) is 3.50. The molecule has 0 spiro atoms.